The Morgan fingerprint density at radius 3 is 0.681 bits per heavy atom. The molecular formula is C133H241N5O6. The fourth-order valence-corrected chi connectivity index (χ4v) is 17.3. The van der Waals surface area contributed by atoms with Gasteiger partial charge < -0.3 is 19.5 Å². The third kappa shape index (κ3) is 110. The first-order chi connectivity index (χ1) is 69.8. The highest BCUT2D eigenvalue weighted by molar-refractivity contribution is 6.20. The van der Waals surface area contributed by atoms with Crippen LogP contribution < -0.4 is 5.90 Å². The molecule has 0 bridgehead atoms. The zero-order valence-electron chi connectivity index (χ0n) is 95.7. The van der Waals surface area contributed by atoms with E-state index in [4.69, 9.17) is 20.4 Å². The number of hydroxylamine groups is 2. The second-order valence-electron chi connectivity index (χ2n) is 41.5. The molecule has 1 aliphatic heterocycles. The summed E-state index contributed by atoms with van der Waals surface area (Å²) in [6, 6.07) is 7.05. The van der Waals surface area contributed by atoms with Crippen molar-refractivity contribution in [2.75, 3.05) is 41.3 Å². The minimum absolute atomic E-state index is 0. The van der Waals surface area contributed by atoms with Crippen LogP contribution in [0.1, 0.15) is 605 Å². The third-order valence-electron chi connectivity index (χ3n) is 26.8. The minimum atomic E-state index is -0.320. The van der Waals surface area contributed by atoms with Crippen molar-refractivity contribution in [3.8, 4) is 0 Å². The number of rotatable bonds is 101. The van der Waals surface area contributed by atoms with Crippen LogP contribution in [0.2, 0.25) is 0 Å². The van der Waals surface area contributed by atoms with Crippen LogP contribution in [0.4, 0.5) is 0 Å². The van der Waals surface area contributed by atoms with Crippen molar-refractivity contribution < 1.29 is 28.9 Å². The summed E-state index contributed by atoms with van der Waals surface area (Å²) in [5.74, 6) is 5.21. The van der Waals surface area contributed by atoms with Crippen molar-refractivity contribution >= 4 is 23.3 Å². The average Bonchev–Trinajstić information content (AvgIpc) is 1.64. The molecule has 2 rings (SSSR count). The minimum Gasteiger partial charge on any atom is -0.393 e. The number of ketones is 1. The van der Waals surface area contributed by atoms with Gasteiger partial charge in [-0.2, -0.15) is 0 Å². The predicted molar refractivity (Wildman–Crippen MR) is 643 cm³/mol. The highest BCUT2D eigenvalue weighted by atomic mass is 16.7. The zero-order chi connectivity index (χ0) is 104. The molecule has 834 valence electrons. The van der Waals surface area contributed by atoms with Crippen LogP contribution in [-0.2, 0) is 19.3 Å². The molecule has 0 spiro atoms. The number of Topliss-reactive ketones (excluding diaryl/α,β-unsaturated/α-hetero) is 1. The van der Waals surface area contributed by atoms with Crippen molar-refractivity contribution in [2.24, 2.45) is 11.1 Å². The Morgan fingerprint density at radius 2 is 0.479 bits per heavy atom. The second-order valence-corrected chi connectivity index (χ2v) is 41.5. The molecule has 0 saturated carbocycles. The normalized spacial score (nSPS) is 12.7. The van der Waals surface area contributed by atoms with Crippen LogP contribution in [0.15, 0.2) is 175 Å². The van der Waals surface area contributed by atoms with E-state index in [0.29, 0.717) is 17.5 Å². The van der Waals surface area contributed by atoms with Crippen LogP contribution in [0.3, 0.4) is 0 Å². The monoisotopic (exact) mass is 2000 g/mol. The quantitative estimate of drug-likeness (QED) is 0.0223. The second kappa shape index (κ2) is 122. The maximum Gasteiger partial charge on any atom is 0.285 e. The van der Waals surface area contributed by atoms with Gasteiger partial charge in [-0.15, -0.1) is 5.06 Å². The molecule has 144 heavy (non-hydrogen) atoms. The number of hydrogen-bond donors (Lipinski definition) is 1. The summed E-state index contributed by atoms with van der Waals surface area (Å²) in [4.78, 5) is 58.0. The first kappa shape index (κ1) is 144. The van der Waals surface area contributed by atoms with E-state index in [1.54, 1.807) is 31.2 Å². The van der Waals surface area contributed by atoms with Gasteiger partial charge in [-0.05, 0) is 298 Å². The molecule has 0 aromatic heterocycles. The summed E-state index contributed by atoms with van der Waals surface area (Å²) in [5.41, 5.74) is 2.02. The van der Waals surface area contributed by atoms with E-state index in [1.807, 2.05) is 19.0 Å². The Bertz CT molecular complexity index is 3060. The van der Waals surface area contributed by atoms with Gasteiger partial charge in [0.2, 0.25) is 0 Å². The highest BCUT2D eigenvalue weighted by Gasteiger charge is 2.38. The number of amides is 2. The SMILES string of the molecule is C.C.CC(=O)CCN(C)C.CCCCC/C=C\C/C=C\CCCCCCCCC(CCCCCCCC/C=C\C/C=C\CCCCC)ON.CCCCC/C=C\C/C=C\CCCCCCCCC(CCCCCCCC/C=C\C/C=C\CCCCC)ON1C(=O)c2ccccc2C1=O.CCCCC/C=C\C/C=C\CCCCCCCCC(CCCCCCCC/C=C\C/C=C\CCCCC)ON=C(C)CCN(C)C. The summed E-state index contributed by atoms with van der Waals surface area (Å²) in [7, 11) is 8.16. The molecule has 0 aliphatic carbocycles. The topological polar surface area (TPSA) is 127 Å². The van der Waals surface area contributed by atoms with Gasteiger partial charge in [0.1, 0.15) is 11.9 Å². The molecular weight excluding hydrogens is 1760 g/mol. The molecule has 0 saturated heterocycles. The summed E-state index contributed by atoms with van der Waals surface area (Å²) in [6.45, 7) is 19.2. The molecule has 0 unspecified atom stereocenters. The van der Waals surface area contributed by atoms with E-state index in [1.165, 1.54) is 411 Å². The van der Waals surface area contributed by atoms with Crippen LogP contribution in [0.5, 0.6) is 0 Å². The van der Waals surface area contributed by atoms with Gasteiger partial charge in [-0.25, -0.2) is 5.90 Å². The van der Waals surface area contributed by atoms with Crippen molar-refractivity contribution in [1.29, 1.82) is 0 Å². The Balaban J connectivity index is -0.000000979. The molecule has 0 atom stereocenters. The van der Waals surface area contributed by atoms with Crippen molar-refractivity contribution in [2.45, 2.75) is 602 Å². The lowest BCUT2D eigenvalue weighted by atomic mass is 10.0. The fraction of sp³-hybridized carbons (Fsp3) is 0.744. The predicted octanol–water partition coefficient (Wildman–Crippen LogP) is 42.5. The number of imide groups is 1. The number of oxime groups is 1. The zero-order valence-corrected chi connectivity index (χ0v) is 95.7. The van der Waals surface area contributed by atoms with Gasteiger partial charge in [-0.3, -0.25) is 19.2 Å². The molecule has 11 heteroatoms. The molecule has 1 aromatic rings. The van der Waals surface area contributed by atoms with Gasteiger partial charge in [0, 0.05) is 25.9 Å². The number of unbranched alkanes of at least 4 members (excludes halogenated alkanes) is 54. The summed E-state index contributed by atoms with van der Waals surface area (Å²) in [6.07, 6.45) is 156. The molecule has 2 amide bonds. The number of nitrogens with two attached hydrogens (primary N) is 1. The first-order valence-electron chi connectivity index (χ1n) is 60.5. The summed E-state index contributed by atoms with van der Waals surface area (Å²) >= 11 is 0. The van der Waals surface area contributed by atoms with Crippen molar-refractivity contribution in [1.82, 2.24) is 14.9 Å². The maximum absolute atomic E-state index is 13.0. The lowest BCUT2D eigenvalue weighted by molar-refractivity contribution is -0.137. The molecule has 1 aliphatic rings. The summed E-state index contributed by atoms with van der Waals surface area (Å²) in [5, 5.41) is 5.59. The smallest absolute Gasteiger partial charge is 0.285 e. The van der Waals surface area contributed by atoms with Gasteiger partial charge in [-0.1, -0.05) is 476 Å². The van der Waals surface area contributed by atoms with Gasteiger partial charge in [0.05, 0.1) is 29.0 Å². The molecule has 11 nitrogen and oxygen atoms in total. The number of carbonyl (C=O) groups is 3. The van der Waals surface area contributed by atoms with Crippen molar-refractivity contribution in [3.63, 3.8) is 0 Å². The Labute approximate surface area is 897 Å². The number of fused-ring (bicyclic) bond motifs is 1. The summed E-state index contributed by atoms with van der Waals surface area (Å²) < 4.78 is 0. The first-order valence-corrected chi connectivity index (χ1v) is 60.5. The van der Waals surface area contributed by atoms with E-state index < -0.39 is 0 Å². The average molecular weight is 2010 g/mol. The highest BCUT2D eigenvalue weighted by Crippen LogP contribution is 2.28. The van der Waals surface area contributed by atoms with E-state index in [-0.39, 0.29) is 50.8 Å². The van der Waals surface area contributed by atoms with E-state index in [2.05, 4.69) is 218 Å². The van der Waals surface area contributed by atoms with Crippen LogP contribution >= 0.6 is 0 Å². The van der Waals surface area contributed by atoms with Crippen molar-refractivity contribution in [3.05, 3.63) is 181 Å². The molecule has 0 fully saturated rings. The standard InChI is InChI=1S/C45H71NO3.C43H80N2O.C37H69NO.C6H13NO.2CH4/c1-3-5-7-9-11-13-15-17-19-21-23-25-27-29-31-33-37-41(49-46-44(47)42-39-35-36-40-43(42)45(46)48)38-34-32-30-28-26-24-22-20-18-16-14-12-10-8-6-4-2;1-6-8-10-12-14-16-18-20-22-24-26-28-30-32-34-36-38-43(46-44-42(3)40-41-45(4)5)39-37-35-33-31-29-27-25-23-21-19-17-15-13-11-9-7-2;1-3-5-7-9-11-13-15-17-19-21-23-25-27-29-31-33-35-37(39-38)36-34-32-30-28-26-24-22-20-18-16-14-12-10-8-6-4-2;1-6(8)4-5-7(2)3;;/h11-14,17-20,35-36,39-41H,3-10,15-16,21-34,37-38H2,1-2H3;14-17,20-23,43H,6-13,18-19,24-41H2,1-5H3;11-14,17-20,37H,3-10,15-16,21-36,38H2,1-2H3;4-5H2,1-3H3;2*1H4/b13-11-,14-12-,19-17-,20-18-;16-14-,17-15-,22-20-,23-21-,44-42?;13-11-,14-12-,19-17-,20-18-;;;. The Kier molecular flexibility index (Phi) is 123. The van der Waals surface area contributed by atoms with Gasteiger partial charge >= 0.3 is 0 Å². The number of benzene rings is 1. The fourth-order valence-electron chi connectivity index (χ4n) is 17.3. The molecule has 0 radical (unpaired) electrons. The maximum atomic E-state index is 13.0. The number of allylic oxidation sites excluding steroid dienone is 24. The van der Waals surface area contributed by atoms with Gasteiger partial charge in [0.25, 0.3) is 11.8 Å². The van der Waals surface area contributed by atoms with E-state index >= 15 is 0 Å². The Hall–Kier alpha value is -5.82. The lowest BCUT2D eigenvalue weighted by Crippen LogP contribution is -2.34. The Morgan fingerprint density at radius 1 is 0.285 bits per heavy atom. The van der Waals surface area contributed by atoms with E-state index in [9.17, 15) is 14.4 Å². The lowest BCUT2D eigenvalue weighted by Gasteiger charge is -2.22. The van der Waals surface area contributed by atoms with E-state index in [0.717, 1.165) is 120 Å². The third-order valence-corrected chi connectivity index (χ3v) is 26.8. The molecule has 2 N–H and O–H groups in total. The molecule has 1 aromatic carbocycles. The van der Waals surface area contributed by atoms with Crippen LogP contribution in [-0.4, -0.2) is 97.8 Å². The van der Waals surface area contributed by atoms with Gasteiger partial charge in [0.15, 0.2) is 0 Å². The number of carbonyl (C=O) groups excluding carboxylic acids is 3. The molecule has 1 heterocycles. The number of hydrogen-bond acceptors (Lipinski definition) is 10. The largest absolute Gasteiger partial charge is 0.393 e. The van der Waals surface area contributed by atoms with Crippen LogP contribution in [0, 0.1) is 0 Å². The number of nitrogens with zero attached hydrogens (tertiary/aromatic N) is 4. The van der Waals surface area contributed by atoms with Crippen LogP contribution in [0.25, 0.3) is 0 Å².